The minimum Gasteiger partial charge on any atom is -0.361 e. The van der Waals surface area contributed by atoms with Crippen LogP contribution in [0.15, 0.2) is 34.9 Å². The third kappa shape index (κ3) is 2.05. The normalized spacial score (nSPS) is 12.7. The van der Waals surface area contributed by atoms with Gasteiger partial charge in [-0.3, -0.25) is 0 Å². The van der Waals surface area contributed by atoms with Crippen molar-refractivity contribution in [1.29, 1.82) is 0 Å². The predicted molar refractivity (Wildman–Crippen MR) is 60.2 cm³/mol. The van der Waals surface area contributed by atoms with E-state index in [1.807, 2.05) is 37.3 Å². The third-order valence-corrected chi connectivity index (χ3v) is 2.79. The number of aromatic nitrogens is 1. The second-order valence-electron chi connectivity index (χ2n) is 3.61. The lowest BCUT2D eigenvalue weighted by Gasteiger charge is -2.09. The second-order valence-corrected chi connectivity index (χ2v) is 4.02. The van der Waals surface area contributed by atoms with Crippen LogP contribution in [0.2, 0.25) is 5.02 Å². The van der Waals surface area contributed by atoms with Crippen LogP contribution in [-0.2, 0) is 0 Å². The van der Waals surface area contributed by atoms with E-state index in [1.54, 1.807) is 0 Å². The number of halogens is 1. The quantitative estimate of drug-likeness (QED) is 0.771. The van der Waals surface area contributed by atoms with Crippen LogP contribution in [0.5, 0.6) is 0 Å². The lowest BCUT2D eigenvalue weighted by Crippen LogP contribution is -1.94. The van der Waals surface area contributed by atoms with Crippen molar-refractivity contribution in [1.82, 2.24) is 5.16 Å². The SMILES string of the molecule is Cc1cc(C(C)c2ccccc2Cl)on1. The molecule has 1 aromatic heterocycles. The van der Waals surface area contributed by atoms with Crippen molar-refractivity contribution in [2.45, 2.75) is 19.8 Å². The smallest absolute Gasteiger partial charge is 0.144 e. The molecule has 0 radical (unpaired) electrons. The number of hydrogen-bond acceptors (Lipinski definition) is 2. The maximum Gasteiger partial charge on any atom is 0.144 e. The van der Waals surface area contributed by atoms with Crippen LogP contribution < -0.4 is 0 Å². The summed E-state index contributed by atoms with van der Waals surface area (Å²) in [5.74, 6) is 0.987. The number of rotatable bonds is 2. The molecule has 0 aliphatic carbocycles. The molecule has 0 saturated carbocycles. The molecule has 1 unspecified atom stereocenters. The summed E-state index contributed by atoms with van der Waals surface area (Å²) >= 11 is 6.11. The summed E-state index contributed by atoms with van der Waals surface area (Å²) in [5, 5.41) is 4.64. The Morgan fingerprint density at radius 3 is 2.67 bits per heavy atom. The van der Waals surface area contributed by atoms with Gasteiger partial charge in [0.1, 0.15) is 5.76 Å². The van der Waals surface area contributed by atoms with Crippen LogP contribution >= 0.6 is 11.6 Å². The van der Waals surface area contributed by atoms with Crippen molar-refractivity contribution < 1.29 is 4.52 Å². The van der Waals surface area contributed by atoms with Crippen molar-refractivity contribution in [3.8, 4) is 0 Å². The van der Waals surface area contributed by atoms with Crippen molar-refractivity contribution >= 4 is 11.6 Å². The molecule has 0 aliphatic rings. The Balaban J connectivity index is 2.36. The van der Waals surface area contributed by atoms with Crippen molar-refractivity contribution in [2.24, 2.45) is 0 Å². The Morgan fingerprint density at radius 1 is 1.33 bits per heavy atom. The van der Waals surface area contributed by atoms with Crippen LogP contribution in [0.25, 0.3) is 0 Å². The summed E-state index contributed by atoms with van der Waals surface area (Å²) in [4.78, 5) is 0. The summed E-state index contributed by atoms with van der Waals surface area (Å²) < 4.78 is 5.23. The summed E-state index contributed by atoms with van der Waals surface area (Å²) in [5.41, 5.74) is 1.96. The minimum absolute atomic E-state index is 0.139. The molecule has 78 valence electrons. The maximum atomic E-state index is 6.11. The average Bonchev–Trinajstić information content (AvgIpc) is 2.65. The third-order valence-electron chi connectivity index (χ3n) is 2.44. The van der Waals surface area contributed by atoms with E-state index in [9.17, 15) is 0 Å². The van der Waals surface area contributed by atoms with Gasteiger partial charge in [-0.1, -0.05) is 41.9 Å². The zero-order chi connectivity index (χ0) is 10.8. The molecule has 0 bridgehead atoms. The fourth-order valence-corrected chi connectivity index (χ4v) is 1.87. The predicted octanol–water partition coefficient (Wildman–Crippen LogP) is 3.79. The highest BCUT2D eigenvalue weighted by molar-refractivity contribution is 6.31. The zero-order valence-corrected chi connectivity index (χ0v) is 9.45. The first-order chi connectivity index (χ1) is 7.18. The monoisotopic (exact) mass is 221 g/mol. The molecule has 0 saturated heterocycles. The molecular weight excluding hydrogens is 210 g/mol. The van der Waals surface area contributed by atoms with Crippen molar-refractivity contribution in [2.75, 3.05) is 0 Å². The number of hydrogen-bond donors (Lipinski definition) is 0. The number of aryl methyl sites for hydroxylation is 1. The molecule has 0 N–H and O–H groups in total. The van der Waals surface area contributed by atoms with Crippen LogP contribution in [0.4, 0.5) is 0 Å². The molecule has 3 heteroatoms. The maximum absolute atomic E-state index is 6.11. The van der Waals surface area contributed by atoms with E-state index in [1.165, 1.54) is 0 Å². The van der Waals surface area contributed by atoms with Crippen LogP contribution in [-0.4, -0.2) is 5.16 Å². The fourth-order valence-electron chi connectivity index (χ4n) is 1.57. The van der Waals surface area contributed by atoms with E-state index in [4.69, 9.17) is 16.1 Å². The molecule has 2 rings (SSSR count). The number of benzene rings is 1. The van der Waals surface area contributed by atoms with Crippen LogP contribution in [0.3, 0.4) is 0 Å². The summed E-state index contributed by atoms with van der Waals surface area (Å²) in [6, 6.07) is 9.72. The highest BCUT2D eigenvalue weighted by atomic mass is 35.5. The molecular formula is C12H12ClNO. The van der Waals surface area contributed by atoms with E-state index >= 15 is 0 Å². The van der Waals surface area contributed by atoms with E-state index in [0.29, 0.717) is 0 Å². The molecule has 2 aromatic rings. The summed E-state index contributed by atoms with van der Waals surface area (Å²) in [6.07, 6.45) is 0. The van der Waals surface area contributed by atoms with E-state index in [0.717, 1.165) is 22.0 Å². The Hall–Kier alpha value is -1.28. The lowest BCUT2D eigenvalue weighted by molar-refractivity contribution is 0.372. The molecule has 2 nitrogen and oxygen atoms in total. The van der Waals surface area contributed by atoms with E-state index in [2.05, 4.69) is 12.1 Å². The van der Waals surface area contributed by atoms with Crippen LogP contribution in [0, 0.1) is 6.92 Å². The van der Waals surface area contributed by atoms with Gasteiger partial charge in [-0.2, -0.15) is 0 Å². The van der Waals surface area contributed by atoms with Gasteiger partial charge in [0, 0.05) is 17.0 Å². The molecule has 0 amide bonds. The Kier molecular flexibility index (Phi) is 2.78. The Bertz CT molecular complexity index is 464. The highest BCUT2D eigenvalue weighted by Crippen LogP contribution is 2.29. The van der Waals surface area contributed by atoms with Gasteiger partial charge in [-0.15, -0.1) is 0 Å². The lowest BCUT2D eigenvalue weighted by atomic mass is 9.98. The van der Waals surface area contributed by atoms with Gasteiger partial charge in [0.05, 0.1) is 5.69 Å². The molecule has 0 fully saturated rings. The average molecular weight is 222 g/mol. The van der Waals surface area contributed by atoms with Gasteiger partial charge < -0.3 is 4.52 Å². The summed E-state index contributed by atoms with van der Waals surface area (Å²) in [7, 11) is 0. The largest absolute Gasteiger partial charge is 0.361 e. The topological polar surface area (TPSA) is 26.0 Å². The van der Waals surface area contributed by atoms with Crippen LogP contribution in [0.1, 0.15) is 29.9 Å². The Labute approximate surface area is 93.9 Å². The van der Waals surface area contributed by atoms with Gasteiger partial charge in [0.15, 0.2) is 0 Å². The van der Waals surface area contributed by atoms with Crippen molar-refractivity contribution in [3.63, 3.8) is 0 Å². The standard InChI is InChI=1S/C12H12ClNO/c1-8-7-12(15-14-8)9(2)10-5-3-4-6-11(10)13/h3-7,9H,1-2H3. The van der Waals surface area contributed by atoms with Gasteiger partial charge in [-0.05, 0) is 18.6 Å². The van der Waals surface area contributed by atoms with Gasteiger partial charge in [-0.25, -0.2) is 0 Å². The molecule has 15 heavy (non-hydrogen) atoms. The van der Waals surface area contributed by atoms with E-state index < -0.39 is 0 Å². The highest BCUT2D eigenvalue weighted by Gasteiger charge is 2.15. The first-order valence-electron chi connectivity index (χ1n) is 4.86. The molecule has 1 aromatic carbocycles. The molecule has 1 atom stereocenters. The minimum atomic E-state index is 0.139. The van der Waals surface area contributed by atoms with Crippen molar-refractivity contribution in [3.05, 3.63) is 52.4 Å². The molecule has 0 aliphatic heterocycles. The van der Waals surface area contributed by atoms with Gasteiger partial charge in [0.25, 0.3) is 0 Å². The second kappa shape index (κ2) is 4.07. The zero-order valence-electron chi connectivity index (χ0n) is 8.70. The molecule has 0 spiro atoms. The first-order valence-corrected chi connectivity index (χ1v) is 5.24. The molecule has 1 heterocycles. The first kappa shape index (κ1) is 10.2. The fraction of sp³-hybridized carbons (Fsp3) is 0.250. The van der Waals surface area contributed by atoms with Gasteiger partial charge in [0.2, 0.25) is 0 Å². The van der Waals surface area contributed by atoms with Gasteiger partial charge >= 0.3 is 0 Å². The summed E-state index contributed by atoms with van der Waals surface area (Å²) in [6.45, 7) is 3.97. The number of nitrogens with zero attached hydrogens (tertiary/aromatic N) is 1. The van der Waals surface area contributed by atoms with E-state index in [-0.39, 0.29) is 5.92 Å². The Morgan fingerprint density at radius 2 is 2.07 bits per heavy atom.